The lowest BCUT2D eigenvalue weighted by molar-refractivity contribution is -0.122. The minimum Gasteiger partial charge on any atom is -0.454 e. The highest BCUT2D eigenvalue weighted by Crippen LogP contribution is 2.37. The van der Waals surface area contributed by atoms with Crippen LogP contribution in [0, 0.1) is 6.92 Å². The SMILES string of the molecule is Cc1cccn2c(=O)c(/C=C3\SC(=S)N(Cc4ccc5c(c4)OCO5)C3=O)c(Sc3ccccc3)nc12. The van der Waals surface area contributed by atoms with Crippen molar-refractivity contribution in [1.82, 2.24) is 14.3 Å². The van der Waals surface area contributed by atoms with Crippen molar-refractivity contribution in [2.45, 2.75) is 23.4 Å². The third-order valence-corrected chi connectivity index (χ3v) is 8.32. The summed E-state index contributed by atoms with van der Waals surface area (Å²) in [4.78, 5) is 34.7. The normalized spacial score (nSPS) is 15.8. The molecule has 37 heavy (non-hydrogen) atoms. The van der Waals surface area contributed by atoms with E-state index in [2.05, 4.69) is 0 Å². The highest BCUT2D eigenvalue weighted by atomic mass is 32.2. The Morgan fingerprint density at radius 3 is 2.73 bits per heavy atom. The van der Waals surface area contributed by atoms with Crippen molar-refractivity contribution in [3.63, 3.8) is 0 Å². The first kappa shape index (κ1) is 23.8. The predicted octanol–water partition coefficient (Wildman–Crippen LogP) is 5.28. The summed E-state index contributed by atoms with van der Waals surface area (Å²) >= 11 is 8.11. The number of carbonyl (C=O) groups excluding carboxylic acids is 1. The Morgan fingerprint density at radius 1 is 1.08 bits per heavy atom. The molecular formula is C27H19N3O4S3. The Morgan fingerprint density at radius 2 is 1.89 bits per heavy atom. The van der Waals surface area contributed by atoms with Crippen molar-refractivity contribution in [3.05, 3.63) is 98.8 Å². The number of hydrogen-bond acceptors (Lipinski definition) is 8. The molecule has 7 nitrogen and oxygen atoms in total. The number of amides is 1. The van der Waals surface area contributed by atoms with Crippen molar-refractivity contribution >= 4 is 57.7 Å². The van der Waals surface area contributed by atoms with E-state index in [9.17, 15) is 9.59 Å². The van der Waals surface area contributed by atoms with Gasteiger partial charge in [0.2, 0.25) is 6.79 Å². The molecule has 1 amide bonds. The molecular weight excluding hydrogens is 527 g/mol. The van der Waals surface area contributed by atoms with E-state index in [1.807, 2.05) is 67.6 Å². The van der Waals surface area contributed by atoms with E-state index in [-0.39, 0.29) is 18.3 Å². The first-order chi connectivity index (χ1) is 18.0. The van der Waals surface area contributed by atoms with E-state index >= 15 is 0 Å². The van der Waals surface area contributed by atoms with Crippen LogP contribution in [0.2, 0.25) is 0 Å². The van der Waals surface area contributed by atoms with Gasteiger partial charge in [0.1, 0.15) is 15.0 Å². The van der Waals surface area contributed by atoms with Gasteiger partial charge in [0, 0.05) is 11.1 Å². The third-order valence-electron chi connectivity index (χ3n) is 5.93. The van der Waals surface area contributed by atoms with Crippen molar-refractivity contribution in [3.8, 4) is 11.5 Å². The Labute approximate surface area is 226 Å². The van der Waals surface area contributed by atoms with Crippen LogP contribution in [0.15, 0.2) is 86.5 Å². The van der Waals surface area contributed by atoms with Gasteiger partial charge in [0.05, 0.1) is 17.0 Å². The second-order valence-corrected chi connectivity index (χ2v) is 11.1. The number of aryl methyl sites for hydroxylation is 1. The van der Waals surface area contributed by atoms with Crippen LogP contribution in [0.5, 0.6) is 11.5 Å². The second-order valence-electron chi connectivity index (χ2n) is 8.39. The standard InChI is InChI=1S/C27H19N3O4S3/c1-16-6-5-11-29-23(16)28-24(36-18-7-3-2-4-8-18)19(25(29)31)13-22-26(32)30(27(35)37-22)14-17-9-10-20-21(12-17)34-15-33-20/h2-13H,14-15H2,1H3/b22-13-. The number of fused-ring (bicyclic) bond motifs is 2. The van der Waals surface area contributed by atoms with Gasteiger partial charge in [-0.25, -0.2) is 4.98 Å². The molecule has 0 bridgehead atoms. The van der Waals surface area contributed by atoms with Crippen LogP contribution >= 0.6 is 35.7 Å². The Balaban J connectivity index is 1.38. The molecule has 0 spiro atoms. The van der Waals surface area contributed by atoms with Gasteiger partial charge < -0.3 is 9.47 Å². The molecule has 2 aliphatic rings. The fraction of sp³-hybridized carbons (Fsp3) is 0.111. The van der Waals surface area contributed by atoms with Gasteiger partial charge in [-0.15, -0.1) is 0 Å². The molecule has 2 aromatic carbocycles. The van der Waals surface area contributed by atoms with E-state index in [1.165, 1.54) is 32.8 Å². The van der Waals surface area contributed by atoms with Crippen LogP contribution in [-0.4, -0.2) is 31.3 Å². The van der Waals surface area contributed by atoms with Gasteiger partial charge >= 0.3 is 0 Å². The molecule has 2 aliphatic heterocycles. The Kier molecular flexibility index (Phi) is 6.23. The number of hydrogen-bond donors (Lipinski definition) is 0. The first-order valence-corrected chi connectivity index (χ1v) is 13.4. The van der Waals surface area contributed by atoms with E-state index in [0.717, 1.165) is 16.0 Å². The van der Waals surface area contributed by atoms with Gasteiger partial charge in [-0.05, 0) is 54.5 Å². The van der Waals surface area contributed by atoms with Crippen LogP contribution in [-0.2, 0) is 11.3 Å². The summed E-state index contributed by atoms with van der Waals surface area (Å²) in [6.07, 6.45) is 3.31. The fourth-order valence-corrected chi connectivity index (χ4v) is 6.22. The molecule has 1 fully saturated rings. The van der Waals surface area contributed by atoms with Gasteiger partial charge in [-0.2, -0.15) is 0 Å². The van der Waals surface area contributed by atoms with Crippen LogP contribution in [0.3, 0.4) is 0 Å². The van der Waals surface area contributed by atoms with Crippen molar-refractivity contribution in [1.29, 1.82) is 0 Å². The van der Waals surface area contributed by atoms with Gasteiger partial charge in [0.25, 0.3) is 11.5 Å². The van der Waals surface area contributed by atoms with Gasteiger partial charge in [-0.3, -0.25) is 18.9 Å². The molecule has 2 aromatic heterocycles. The summed E-state index contributed by atoms with van der Waals surface area (Å²) in [5.74, 6) is 1.07. The zero-order valence-corrected chi connectivity index (χ0v) is 22.0. The molecule has 4 heterocycles. The number of nitrogens with zero attached hydrogens (tertiary/aromatic N) is 3. The maximum atomic E-state index is 13.6. The molecule has 0 saturated carbocycles. The van der Waals surface area contributed by atoms with E-state index in [0.29, 0.717) is 43.5 Å². The van der Waals surface area contributed by atoms with E-state index < -0.39 is 0 Å². The first-order valence-electron chi connectivity index (χ1n) is 11.4. The molecule has 0 aliphatic carbocycles. The number of thioether (sulfide) groups is 1. The highest BCUT2D eigenvalue weighted by molar-refractivity contribution is 8.26. The number of benzene rings is 2. The third kappa shape index (κ3) is 4.52. The average molecular weight is 546 g/mol. The summed E-state index contributed by atoms with van der Waals surface area (Å²) < 4.78 is 12.8. The van der Waals surface area contributed by atoms with Crippen LogP contribution in [0.1, 0.15) is 16.7 Å². The number of thiocarbonyl (C=S) groups is 1. The predicted molar refractivity (Wildman–Crippen MR) is 148 cm³/mol. The summed E-state index contributed by atoms with van der Waals surface area (Å²) in [7, 11) is 0. The summed E-state index contributed by atoms with van der Waals surface area (Å²) in [5.41, 5.74) is 2.44. The second kappa shape index (κ2) is 9.70. The highest BCUT2D eigenvalue weighted by Gasteiger charge is 2.33. The molecule has 0 atom stereocenters. The molecule has 6 rings (SSSR count). The molecule has 0 unspecified atom stereocenters. The molecule has 0 N–H and O–H groups in total. The molecule has 10 heteroatoms. The number of ether oxygens (including phenoxy) is 2. The summed E-state index contributed by atoms with van der Waals surface area (Å²) in [6, 6.07) is 19.0. The molecule has 4 aromatic rings. The lowest BCUT2D eigenvalue weighted by Gasteiger charge is -2.14. The zero-order valence-electron chi connectivity index (χ0n) is 19.5. The van der Waals surface area contributed by atoms with Crippen LogP contribution in [0.4, 0.5) is 0 Å². The lowest BCUT2D eigenvalue weighted by atomic mass is 10.2. The monoisotopic (exact) mass is 545 g/mol. The largest absolute Gasteiger partial charge is 0.454 e. The van der Waals surface area contributed by atoms with E-state index in [4.69, 9.17) is 26.7 Å². The average Bonchev–Trinajstić information content (AvgIpc) is 3.47. The molecule has 1 saturated heterocycles. The topological polar surface area (TPSA) is 73.1 Å². The lowest BCUT2D eigenvalue weighted by Crippen LogP contribution is -2.27. The van der Waals surface area contributed by atoms with Crippen LogP contribution < -0.4 is 15.0 Å². The van der Waals surface area contributed by atoms with Crippen molar-refractivity contribution < 1.29 is 14.3 Å². The zero-order chi connectivity index (χ0) is 25.5. The van der Waals surface area contributed by atoms with Gasteiger partial charge in [-0.1, -0.05) is 66.1 Å². The minimum atomic E-state index is -0.253. The summed E-state index contributed by atoms with van der Waals surface area (Å²) in [6.45, 7) is 2.39. The number of pyridine rings is 1. The van der Waals surface area contributed by atoms with Gasteiger partial charge in [0.15, 0.2) is 11.5 Å². The van der Waals surface area contributed by atoms with Crippen molar-refractivity contribution in [2.24, 2.45) is 0 Å². The maximum absolute atomic E-state index is 13.6. The van der Waals surface area contributed by atoms with Crippen molar-refractivity contribution in [2.75, 3.05) is 6.79 Å². The minimum absolute atomic E-state index is 0.181. The number of rotatable bonds is 5. The number of aromatic nitrogens is 2. The fourth-order valence-electron chi connectivity index (χ4n) is 4.08. The quantitative estimate of drug-likeness (QED) is 0.190. The maximum Gasteiger partial charge on any atom is 0.266 e. The Hall–Kier alpha value is -3.60. The molecule has 184 valence electrons. The number of carbonyl (C=O) groups is 1. The smallest absolute Gasteiger partial charge is 0.266 e. The van der Waals surface area contributed by atoms with E-state index in [1.54, 1.807) is 12.3 Å². The summed E-state index contributed by atoms with van der Waals surface area (Å²) in [5, 5.41) is 0.534. The molecule has 0 radical (unpaired) electrons. The Bertz CT molecular complexity index is 1670. The van der Waals surface area contributed by atoms with Crippen LogP contribution in [0.25, 0.3) is 11.7 Å².